The minimum atomic E-state index is -0.734. The number of benzene rings is 3. The van der Waals surface area contributed by atoms with Gasteiger partial charge in [0.1, 0.15) is 17.6 Å². The van der Waals surface area contributed by atoms with Crippen molar-refractivity contribution in [3.8, 4) is 22.4 Å². The molecule has 0 bridgehead atoms. The summed E-state index contributed by atoms with van der Waals surface area (Å²) in [6.45, 7) is 1.95. The lowest BCUT2D eigenvalue weighted by Gasteiger charge is -2.14. The lowest BCUT2D eigenvalue weighted by atomic mass is 10.0. The van der Waals surface area contributed by atoms with E-state index in [1.165, 1.54) is 0 Å². The Balaban J connectivity index is 1.45. The summed E-state index contributed by atoms with van der Waals surface area (Å²) < 4.78 is 0. The second-order valence-corrected chi connectivity index (χ2v) is 8.23. The van der Waals surface area contributed by atoms with Crippen molar-refractivity contribution in [2.45, 2.75) is 19.5 Å². The summed E-state index contributed by atoms with van der Waals surface area (Å²) in [5, 5.41) is 13.0. The molecular formula is C28H27N5O2. The van der Waals surface area contributed by atoms with Gasteiger partial charge in [-0.3, -0.25) is 15.0 Å². The van der Waals surface area contributed by atoms with E-state index in [1.807, 2.05) is 66.7 Å². The van der Waals surface area contributed by atoms with E-state index < -0.39 is 6.04 Å². The molecular weight excluding hydrogens is 438 g/mol. The molecule has 0 spiro atoms. The van der Waals surface area contributed by atoms with Crippen LogP contribution in [0.15, 0.2) is 91.0 Å². The Bertz CT molecular complexity index is 1270. The minimum absolute atomic E-state index is 0.00733. The third kappa shape index (κ3) is 5.65. The van der Waals surface area contributed by atoms with Crippen molar-refractivity contribution in [3.63, 3.8) is 0 Å². The first-order chi connectivity index (χ1) is 16.9. The zero-order chi connectivity index (χ0) is 24.8. The minimum Gasteiger partial charge on any atom is -0.384 e. The molecule has 1 atom stereocenters. The Morgan fingerprint density at radius 2 is 1.51 bits per heavy atom. The second-order valence-electron chi connectivity index (χ2n) is 8.23. The third-order valence-corrected chi connectivity index (χ3v) is 5.68. The molecule has 0 radical (unpaired) electrons. The van der Waals surface area contributed by atoms with Gasteiger partial charge in [0, 0.05) is 17.7 Å². The van der Waals surface area contributed by atoms with Gasteiger partial charge in [-0.1, -0.05) is 84.9 Å². The number of H-pyrrole nitrogens is 1. The highest BCUT2D eigenvalue weighted by molar-refractivity contribution is 5.99. The van der Waals surface area contributed by atoms with Crippen molar-refractivity contribution < 1.29 is 9.59 Å². The van der Waals surface area contributed by atoms with Gasteiger partial charge in [-0.15, -0.1) is 0 Å². The fourth-order valence-corrected chi connectivity index (χ4v) is 3.74. The number of nitrogen functional groups attached to an aromatic ring is 1. The molecule has 0 fully saturated rings. The van der Waals surface area contributed by atoms with Gasteiger partial charge < -0.3 is 21.4 Å². The summed E-state index contributed by atoms with van der Waals surface area (Å²) in [6.07, 6.45) is 0. The first-order valence-electron chi connectivity index (χ1n) is 11.3. The van der Waals surface area contributed by atoms with Gasteiger partial charge in [0.15, 0.2) is 0 Å². The van der Waals surface area contributed by atoms with Crippen LogP contribution in [0.4, 0.5) is 0 Å². The maximum Gasteiger partial charge on any atom is 0.268 e. The third-order valence-electron chi connectivity index (χ3n) is 5.68. The Morgan fingerprint density at radius 1 is 0.914 bits per heavy atom. The molecule has 0 aliphatic heterocycles. The number of aromatic amines is 1. The lowest BCUT2D eigenvalue weighted by Crippen LogP contribution is -2.44. The molecule has 1 aromatic heterocycles. The van der Waals surface area contributed by atoms with E-state index in [1.54, 1.807) is 31.2 Å². The number of hydrogen-bond acceptors (Lipinski definition) is 3. The number of carbonyl (C=O) groups excluding carboxylic acids is 2. The predicted molar refractivity (Wildman–Crippen MR) is 138 cm³/mol. The standard InChI is InChI=1S/C28H27N5O2/c1-18(27(34)31-17-19-12-14-22(15-13-19)26(29)30)32-28(35)24-16-23(20-8-4-2-5-9-20)25(33-24)21-10-6-3-7-11-21/h2-16,18,33H,17H2,1H3,(H3,29,30)(H,31,34)(H,32,35)/t18-/m0/s1. The fourth-order valence-electron chi connectivity index (χ4n) is 3.74. The number of hydrogen-bond donors (Lipinski definition) is 5. The number of amides is 2. The maximum atomic E-state index is 13.0. The first-order valence-corrected chi connectivity index (χ1v) is 11.3. The highest BCUT2D eigenvalue weighted by Crippen LogP contribution is 2.32. The van der Waals surface area contributed by atoms with Gasteiger partial charge in [-0.2, -0.15) is 0 Å². The van der Waals surface area contributed by atoms with E-state index in [9.17, 15) is 9.59 Å². The molecule has 1 heterocycles. The summed E-state index contributed by atoms with van der Waals surface area (Å²) in [7, 11) is 0. The van der Waals surface area contributed by atoms with Crippen LogP contribution in [0.3, 0.4) is 0 Å². The number of rotatable bonds is 8. The Labute approximate surface area is 203 Å². The van der Waals surface area contributed by atoms with Crippen LogP contribution in [0, 0.1) is 5.41 Å². The maximum absolute atomic E-state index is 13.0. The molecule has 0 saturated carbocycles. The molecule has 0 aliphatic rings. The van der Waals surface area contributed by atoms with E-state index in [0.717, 1.165) is 27.9 Å². The number of nitrogens with one attached hydrogen (secondary N) is 4. The molecule has 7 nitrogen and oxygen atoms in total. The Morgan fingerprint density at radius 3 is 2.11 bits per heavy atom. The van der Waals surface area contributed by atoms with Crippen LogP contribution < -0.4 is 16.4 Å². The van der Waals surface area contributed by atoms with Crippen LogP contribution in [0.25, 0.3) is 22.4 Å². The highest BCUT2D eigenvalue weighted by Gasteiger charge is 2.20. The van der Waals surface area contributed by atoms with Crippen LogP contribution >= 0.6 is 0 Å². The summed E-state index contributed by atoms with van der Waals surface area (Å²) in [5.41, 5.74) is 11.0. The molecule has 6 N–H and O–H groups in total. The van der Waals surface area contributed by atoms with E-state index in [4.69, 9.17) is 11.1 Å². The quantitative estimate of drug-likeness (QED) is 0.199. The molecule has 0 unspecified atom stereocenters. The molecule has 2 amide bonds. The number of aromatic nitrogens is 1. The van der Waals surface area contributed by atoms with E-state index in [2.05, 4.69) is 15.6 Å². The SMILES string of the molecule is C[C@H](NC(=O)c1cc(-c2ccccc2)c(-c2ccccc2)[nH]1)C(=O)NCc1ccc(C(=N)N)cc1. The number of carbonyl (C=O) groups is 2. The number of amidine groups is 1. The summed E-state index contributed by atoms with van der Waals surface area (Å²) >= 11 is 0. The van der Waals surface area contributed by atoms with Crippen molar-refractivity contribution in [1.82, 2.24) is 15.6 Å². The zero-order valence-electron chi connectivity index (χ0n) is 19.3. The molecule has 35 heavy (non-hydrogen) atoms. The van der Waals surface area contributed by atoms with Crippen LogP contribution in [0.5, 0.6) is 0 Å². The van der Waals surface area contributed by atoms with Crippen LogP contribution in [-0.4, -0.2) is 28.7 Å². The number of nitrogens with two attached hydrogens (primary N) is 1. The van der Waals surface area contributed by atoms with Crippen molar-refractivity contribution >= 4 is 17.6 Å². The van der Waals surface area contributed by atoms with Gasteiger partial charge in [0.25, 0.3) is 5.91 Å². The van der Waals surface area contributed by atoms with E-state index in [0.29, 0.717) is 17.8 Å². The van der Waals surface area contributed by atoms with E-state index >= 15 is 0 Å². The van der Waals surface area contributed by atoms with Gasteiger partial charge in [0.2, 0.25) is 5.91 Å². The molecule has 0 saturated heterocycles. The monoisotopic (exact) mass is 465 g/mol. The summed E-state index contributed by atoms with van der Waals surface area (Å²) in [5.74, 6) is -0.669. The van der Waals surface area contributed by atoms with Crippen molar-refractivity contribution in [2.75, 3.05) is 0 Å². The smallest absolute Gasteiger partial charge is 0.268 e. The van der Waals surface area contributed by atoms with Crippen molar-refractivity contribution in [2.24, 2.45) is 5.73 Å². The molecule has 176 valence electrons. The second kappa shape index (κ2) is 10.5. The highest BCUT2D eigenvalue weighted by atomic mass is 16.2. The van der Waals surface area contributed by atoms with E-state index in [-0.39, 0.29) is 17.6 Å². The zero-order valence-corrected chi connectivity index (χ0v) is 19.3. The molecule has 4 rings (SSSR count). The average molecular weight is 466 g/mol. The average Bonchev–Trinajstić information content (AvgIpc) is 3.34. The van der Waals surface area contributed by atoms with Crippen molar-refractivity contribution in [3.05, 3.63) is 108 Å². The van der Waals surface area contributed by atoms with Gasteiger partial charge in [-0.05, 0) is 29.7 Å². The molecule has 3 aromatic carbocycles. The first kappa shape index (κ1) is 23.5. The van der Waals surface area contributed by atoms with Crippen LogP contribution in [0.2, 0.25) is 0 Å². The molecule has 0 aliphatic carbocycles. The van der Waals surface area contributed by atoms with Gasteiger partial charge >= 0.3 is 0 Å². The molecule has 7 heteroatoms. The van der Waals surface area contributed by atoms with Gasteiger partial charge in [-0.25, -0.2) is 0 Å². The predicted octanol–water partition coefficient (Wildman–Crippen LogP) is 4.07. The topological polar surface area (TPSA) is 124 Å². The fraction of sp³-hybridized carbons (Fsp3) is 0.107. The van der Waals surface area contributed by atoms with Crippen molar-refractivity contribution in [1.29, 1.82) is 5.41 Å². The summed E-state index contributed by atoms with van der Waals surface area (Å²) in [4.78, 5) is 28.8. The normalized spacial score (nSPS) is 11.5. The summed E-state index contributed by atoms with van der Waals surface area (Å²) in [6, 6.07) is 27.8. The largest absolute Gasteiger partial charge is 0.384 e. The van der Waals surface area contributed by atoms with Crippen LogP contribution in [0.1, 0.15) is 28.5 Å². The van der Waals surface area contributed by atoms with Crippen LogP contribution in [-0.2, 0) is 11.3 Å². The Hall–Kier alpha value is -4.65. The Kier molecular flexibility index (Phi) is 7.07. The lowest BCUT2D eigenvalue weighted by molar-refractivity contribution is -0.122. The molecule has 4 aromatic rings. The van der Waals surface area contributed by atoms with Gasteiger partial charge in [0.05, 0.1) is 5.69 Å².